The molecule has 1 aromatic carbocycles. The topological polar surface area (TPSA) is 35.2 Å². The van der Waals surface area contributed by atoms with Crippen LogP contribution in [-0.4, -0.2) is 12.9 Å². The SMILES string of the molecule is NCC1(c2ccc(OC(F)(F)F)cc2)CC1. The molecule has 5 heteroatoms. The van der Waals surface area contributed by atoms with Gasteiger partial charge in [0.2, 0.25) is 0 Å². The number of nitrogens with two attached hydrogens (primary N) is 1. The number of rotatable bonds is 3. The van der Waals surface area contributed by atoms with Crippen LogP contribution in [0.1, 0.15) is 18.4 Å². The van der Waals surface area contributed by atoms with Crippen LogP contribution >= 0.6 is 0 Å². The Morgan fingerprint density at radius 3 is 2.12 bits per heavy atom. The van der Waals surface area contributed by atoms with Gasteiger partial charge in [-0.05, 0) is 30.5 Å². The molecule has 1 aliphatic rings. The van der Waals surface area contributed by atoms with Crippen LogP contribution in [-0.2, 0) is 5.41 Å². The largest absolute Gasteiger partial charge is 0.573 e. The van der Waals surface area contributed by atoms with Crippen molar-refractivity contribution in [1.29, 1.82) is 0 Å². The van der Waals surface area contributed by atoms with Crippen molar-refractivity contribution in [2.45, 2.75) is 24.6 Å². The highest BCUT2D eigenvalue weighted by Gasteiger charge is 2.42. The molecule has 0 spiro atoms. The second kappa shape index (κ2) is 3.66. The molecule has 2 N–H and O–H groups in total. The maximum absolute atomic E-state index is 11.9. The zero-order chi connectivity index (χ0) is 11.8. The van der Waals surface area contributed by atoms with Crippen LogP contribution in [0.15, 0.2) is 24.3 Å². The molecule has 2 nitrogen and oxygen atoms in total. The van der Waals surface area contributed by atoms with Crippen LogP contribution in [0, 0.1) is 0 Å². The van der Waals surface area contributed by atoms with Gasteiger partial charge in [-0.25, -0.2) is 0 Å². The van der Waals surface area contributed by atoms with Gasteiger partial charge in [0.1, 0.15) is 5.75 Å². The van der Waals surface area contributed by atoms with Gasteiger partial charge in [-0.1, -0.05) is 12.1 Å². The lowest BCUT2D eigenvalue weighted by Crippen LogP contribution is -2.20. The number of hydrogen-bond acceptors (Lipinski definition) is 2. The first-order valence-corrected chi connectivity index (χ1v) is 5.02. The number of ether oxygens (including phenoxy) is 1. The zero-order valence-electron chi connectivity index (χ0n) is 8.55. The molecule has 0 atom stereocenters. The van der Waals surface area contributed by atoms with Crippen molar-refractivity contribution in [3.63, 3.8) is 0 Å². The Labute approximate surface area is 91.2 Å². The molecular formula is C11H12F3NO. The lowest BCUT2D eigenvalue weighted by Gasteiger charge is -2.14. The van der Waals surface area contributed by atoms with Gasteiger partial charge in [0.05, 0.1) is 0 Å². The second-order valence-electron chi connectivity index (χ2n) is 4.06. The molecule has 0 unspecified atom stereocenters. The number of halogens is 3. The highest BCUT2D eigenvalue weighted by atomic mass is 19.4. The monoisotopic (exact) mass is 231 g/mol. The summed E-state index contributed by atoms with van der Waals surface area (Å²) in [6, 6.07) is 5.97. The van der Waals surface area contributed by atoms with Gasteiger partial charge in [0.15, 0.2) is 0 Å². The van der Waals surface area contributed by atoms with Crippen LogP contribution in [0.25, 0.3) is 0 Å². The Bertz CT molecular complexity index is 368. The van der Waals surface area contributed by atoms with Gasteiger partial charge < -0.3 is 10.5 Å². The molecule has 0 aliphatic heterocycles. The molecule has 1 fully saturated rings. The van der Waals surface area contributed by atoms with E-state index in [1.54, 1.807) is 12.1 Å². The molecule has 1 aliphatic carbocycles. The van der Waals surface area contributed by atoms with Crippen molar-refractivity contribution < 1.29 is 17.9 Å². The number of alkyl halides is 3. The van der Waals surface area contributed by atoms with E-state index in [-0.39, 0.29) is 11.2 Å². The molecule has 88 valence electrons. The van der Waals surface area contributed by atoms with E-state index >= 15 is 0 Å². The summed E-state index contributed by atoms with van der Waals surface area (Å²) in [7, 11) is 0. The molecule has 0 heterocycles. The maximum Gasteiger partial charge on any atom is 0.573 e. The van der Waals surface area contributed by atoms with Crippen molar-refractivity contribution >= 4 is 0 Å². The minimum atomic E-state index is -4.63. The lowest BCUT2D eigenvalue weighted by atomic mass is 9.96. The average Bonchev–Trinajstić information content (AvgIpc) is 2.97. The highest BCUT2D eigenvalue weighted by Crippen LogP contribution is 2.47. The van der Waals surface area contributed by atoms with Gasteiger partial charge in [-0.3, -0.25) is 0 Å². The highest BCUT2D eigenvalue weighted by molar-refractivity contribution is 5.36. The third-order valence-corrected chi connectivity index (χ3v) is 2.94. The second-order valence-corrected chi connectivity index (χ2v) is 4.06. The van der Waals surface area contributed by atoms with Crippen molar-refractivity contribution in [1.82, 2.24) is 0 Å². The van der Waals surface area contributed by atoms with Crippen LogP contribution in [0.4, 0.5) is 13.2 Å². The van der Waals surface area contributed by atoms with E-state index < -0.39 is 6.36 Å². The fourth-order valence-electron chi connectivity index (χ4n) is 1.77. The molecule has 0 aromatic heterocycles. The summed E-state index contributed by atoms with van der Waals surface area (Å²) in [4.78, 5) is 0. The summed E-state index contributed by atoms with van der Waals surface area (Å²) in [5.41, 5.74) is 6.62. The molecule has 1 saturated carbocycles. The van der Waals surface area contributed by atoms with Crippen LogP contribution in [0.5, 0.6) is 5.75 Å². The minimum Gasteiger partial charge on any atom is -0.406 e. The molecular weight excluding hydrogens is 219 g/mol. The molecule has 2 rings (SSSR count). The first-order chi connectivity index (χ1) is 7.45. The minimum absolute atomic E-state index is 0.00321. The molecule has 16 heavy (non-hydrogen) atoms. The molecule has 0 amide bonds. The summed E-state index contributed by atoms with van der Waals surface area (Å²) in [5, 5.41) is 0. The van der Waals surface area contributed by atoms with Gasteiger partial charge >= 0.3 is 6.36 Å². The number of hydrogen-bond donors (Lipinski definition) is 1. The van der Waals surface area contributed by atoms with Gasteiger partial charge in [0.25, 0.3) is 0 Å². The summed E-state index contributed by atoms with van der Waals surface area (Å²) in [6.07, 6.45) is -2.63. The van der Waals surface area contributed by atoms with Crippen LogP contribution < -0.4 is 10.5 Å². The number of benzene rings is 1. The van der Waals surface area contributed by atoms with E-state index in [9.17, 15) is 13.2 Å². The third-order valence-electron chi connectivity index (χ3n) is 2.94. The van der Waals surface area contributed by atoms with Gasteiger partial charge in [-0.2, -0.15) is 0 Å². The van der Waals surface area contributed by atoms with Crippen molar-refractivity contribution in [2.75, 3.05) is 6.54 Å². The quantitative estimate of drug-likeness (QED) is 0.867. The van der Waals surface area contributed by atoms with Crippen molar-refractivity contribution in [3.05, 3.63) is 29.8 Å². The fourth-order valence-corrected chi connectivity index (χ4v) is 1.77. The zero-order valence-corrected chi connectivity index (χ0v) is 8.55. The Balaban J connectivity index is 2.11. The smallest absolute Gasteiger partial charge is 0.406 e. The predicted octanol–water partition coefficient (Wildman–Crippen LogP) is 2.58. The normalized spacial score (nSPS) is 18.2. The van der Waals surface area contributed by atoms with Gasteiger partial charge in [0, 0.05) is 12.0 Å². The average molecular weight is 231 g/mol. The summed E-state index contributed by atoms with van der Waals surface area (Å²) in [6.45, 7) is 0.534. The summed E-state index contributed by atoms with van der Waals surface area (Å²) >= 11 is 0. The first-order valence-electron chi connectivity index (χ1n) is 5.02. The molecule has 0 radical (unpaired) electrons. The van der Waals surface area contributed by atoms with E-state index in [1.807, 2.05) is 0 Å². The Hall–Kier alpha value is -1.23. The van der Waals surface area contributed by atoms with Crippen LogP contribution in [0.2, 0.25) is 0 Å². The molecule has 1 aromatic rings. The Morgan fingerprint density at radius 2 is 1.75 bits per heavy atom. The van der Waals surface area contributed by atoms with Crippen molar-refractivity contribution in [2.24, 2.45) is 5.73 Å². The fraction of sp³-hybridized carbons (Fsp3) is 0.455. The third kappa shape index (κ3) is 2.29. The Morgan fingerprint density at radius 1 is 1.19 bits per heavy atom. The van der Waals surface area contributed by atoms with E-state index in [0.29, 0.717) is 6.54 Å². The molecule has 0 bridgehead atoms. The van der Waals surface area contributed by atoms with Gasteiger partial charge in [-0.15, -0.1) is 13.2 Å². The van der Waals surface area contributed by atoms with E-state index in [2.05, 4.69) is 4.74 Å². The standard InChI is InChI=1S/C11H12F3NO/c12-11(13,14)16-9-3-1-8(2-4-9)10(7-15)5-6-10/h1-4H,5-7,15H2. The van der Waals surface area contributed by atoms with Crippen LogP contribution in [0.3, 0.4) is 0 Å². The van der Waals surface area contributed by atoms with Crippen molar-refractivity contribution in [3.8, 4) is 5.75 Å². The predicted molar refractivity (Wildman–Crippen MR) is 53.1 cm³/mol. The lowest BCUT2D eigenvalue weighted by molar-refractivity contribution is -0.274. The van der Waals surface area contributed by atoms with E-state index in [4.69, 9.17) is 5.73 Å². The Kier molecular flexibility index (Phi) is 2.58. The van der Waals surface area contributed by atoms with E-state index in [1.165, 1.54) is 12.1 Å². The van der Waals surface area contributed by atoms with E-state index in [0.717, 1.165) is 18.4 Å². The summed E-state index contributed by atoms with van der Waals surface area (Å²) in [5.74, 6) is -0.191. The molecule has 0 saturated heterocycles. The first kappa shape index (κ1) is 11.3. The summed E-state index contributed by atoms with van der Waals surface area (Å²) < 4.78 is 39.5. The maximum atomic E-state index is 11.9.